The Balaban J connectivity index is 0.000000934. The second kappa shape index (κ2) is 11.9. The third kappa shape index (κ3) is 7.31. The van der Waals surface area contributed by atoms with E-state index in [4.69, 9.17) is 26.5 Å². The van der Waals surface area contributed by atoms with E-state index in [1.807, 2.05) is 26.1 Å². The van der Waals surface area contributed by atoms with Crippen molar-refractivity contribution in [3.8, 4) is 0 Å². The van der Waals surface area contributed by atoms with Crippen molar-refractivity contribution in [1.29, 1.82) is 0 Å². The van der Waals surface area contributed by atoms with Crippen LogP contribution in [-0.2, 0) is 17.8 Å². The predicted octanol–water partition coefficient (Wildman–Crippen LogP) is 3.45. The molecule has 11 heteroatoms. The van der Waals surface area contributed by atoms with Gasteiger partial charge in [-0.25, -0.2) is 19.6 Å². The summed E-state index contributed by atoms with van der Waals surface area (Å²) in [6.45, 7) is 5.48. The van der Waals surface area contributed by atoms with Crippen LogP contribution in [0.4, 0.5) is 14.5 Å². The summed E-state index contributed by atoms with van der Waals surface area (Å²) in [6.07, 6.45) is 5.12. The quantitative estimate of drug-likeness (QED) is 0.365. The molecule has 0 spiro atoms. The maximum atomic E-state index is 14.0. The third-order valence-electron chi connectivity index (χ3n) is 6.74. The highest BCUT2D eigenvalue weighted by atomic mass is 19.3. The second-order valence-electron chi connectivity index (χ2n) is 10.0. The number of aromatic nitrogens is 2. The Morgan fingerprint density at radius 2 is 1.97 bits per heavy atom. The maximum absolute atomic E-state index is 14.0. The zero-order chi connectivity index (χ0) is 28.2. The molecule has 0 unspecified atom stereocenters. The first kappa shape index (κ1) is 29.1. The number of rotatable bonds is 7. The fourth-order valence-electron chi connectivity index (χ4n) is 4.69. The van der Waals surface area contributed by atoms with Crippen LogP contribution in [0.15, 0.2) is 34.9 Å². The van der Waals surface area contributed by atoms with E-state index in [1.54, 1.807) is 28.6 Å². The van der Waals surface area contributed by atoms with Crippen LogP contribution in [0.1, 0.15) is 68.0 Å². The van der Waals surface area contributed by atoms with E-state index in [1.165, 1.54) is 10.6 Å². The Morgan fingerprint density at radius 3 is 2.53 bits per heavy atom. The van der Waals surface area contributed by atoms with Crippen molar-refractivity contribution in [2.75, 3.05) is 25.0 Å². The van der Waals surface area contributed by atoms with Gasteiger partial charge in [-0.3, -0.25) is 9.59 Å². The van der Waals surface area contributed by atoms with Crippen LogP contribution in [-0.4, -0.2) is 51.7 Å². The van der Waals surface area contributed by atoms with Crippen LogP contribution in [0.3, 0.4) is 0 Å². The highest BCUT2D eigenvalue weighted by Gasteiger charge is 2.36. The van der Waals surface area contributed by atoms with Crippen molar-refractivity contribution >= 4 is 17.4 Å². The smallest absolute Gasteiger partial charge is 0.300 e. The third-order valence-corrected chi connectivity index (χ3v) is 6.74. The van der Waals surface area contributed by atoms with Gasteiger partial charge in [0.25, 0.3) is 17.5 Å². The number of hydrogen-bond acceptors (Lipinski definition) is 7. The van der Waals surface area contributed by atoms with Gasteiger partial charge in [0.15, 0.2) is 0 Å². The number of allylic oxidation sites excluding steroid dienone is 1. The van der Waals surface area contributed by atoms with Gasteiger partial charge in [-0.2, -0.15) is 0 Å². The molecule has 3 heterocycles. The molecule has 0 radical (unpaired) electrons. The average molecular weight is 533 g/mol. The fraction of sp³-hybridized carbons (Fsp3) is 0.519. The minimum Gasteiger partial charge on any atom is -0.481 e. The number of carboxylic acids is 1. The summed E-state index contributed by atoms with van der Waals surface area (Å²) in [5.74, 6) is 3.10. The number of alkyl halides is 2. The van der Waals surface area contributed by atoms with Gasteiger partial charge < -0.3 is 25.3 Å². The number of nitrogens with two attached hydrogens (primary N) is 2. The number of likely N-dealkylation sites (N-methyl/N-ethyl adjacent to an activating group) is 1. The zero-order valence-electron chi connectivity index (χ0n) is 22.5. The van der Waals surface area contributed by atoms with Crippen LogP contribution >= 0.6 is 0 Å². The van der Waals surface area contributed by atoms with E-state index in [2.05, 4.69) is 0 Å². The van der Waals surface area contributed by atoms with Crippen LogP contribution in [0.5, 0.6) is 0 Å². The van der Waals surface area contributed by atoms with Crippen LogP contribution in [0.25, 0.3) is 5.70 Å². The lowest BCUT2D eigenvalue weighted by molar-refractivity contribution is -0.134. The number of aliphatic carboxylic acids is 1. The summed E-state index contributed by atoms with van der Waals surface area (Å²) in [5, 5.41) is 8.82. The van der Waals surface area contributed by atoms with Crippen LogP contribution < -0.4 is 22.0 Å². The molecule has 0 atom stereocenters. The summed E-state index contributed by atoms with van der Waals surface area (Å²) < 4.78 is 29.6. The molecule has 2 fully saturated rings. The summed E-state index contributed by atoms with van der Waals surface area (Å²) in [4.78, 5) is 28.1. The number of pyridine rings is 2. The Kier molecular flexibility index (Phi) is 9.14. The zero-order valence-corrected chi connectivity index (χ0v) is 22.5. The van der Waals surface area contributed by atoms with Gasteiger partial charge >= 0.3 is 0 Å². The predicted molar refractivity (Wildman–Crippen MR) is 144 cm³/mol. The maximum Gasteiger partial charge on any atom is 0.300 e. The Morgan fingerprint density at radius 1 is 1.32 bits per heavy atom. The molecule has 2 aromatic rings. The van der Waals surface area contributed by atoms with Crippen molar-refractivity contribution in [3.63, 3.8) is 0 Å². The minimum atomic E-state index is -2.70. The molecule has 2 aromatic heterocycles. The average Bonchev–Trinajstić information content (AvgIpc) is 3.67. The summed E-state index contributed by atoms with van der Waals surface area (Å²) in [6, 6.07) is 5.22. The number of hydrazine groups is 1. The SMILES string of the molecule is CC(=O)O.CCc1nc(/C(N)=C(\Cn2cc(C3CC3)c(C)cc2=O)N(C)N)ccc1N1CCCC(F)(F)C1. The molecular formula is C27H38F2N6O3. The largest absolute Gasteiger partial charge is 0.481 e. The lowest BCUT2D eigenvalue weighted by Gasteiger charge is -2.35. The van der Waals surface area contributed by atoms with E-state index in [0.717, 1.165) is 25.3 Å². The molecule has 38 heavy (non-hydrogen) atoms. The fourth-order valence-corrected chi connectivity index (χ4v) is 4.69. The lowest BCUT2D eigenvalue weighted by Crippen LogP contribution is -2.43. The van der Waals surface area contributed by atoms with Gasteiger partial charge in [-0.05, 0) is 61.8 Å². The first-order valence-electron chi connectivity index (χ1n) is 12.8. The van der Waals surface area contributed by atoms with Crippen molar-refractivity contribution < 1.29 is 18.7 Å². The van der Waals surface area contributed by atoms with Crippen molar-refractivity contribution in [3.05, 3.63) is 63.0 Å². The van der Waals surface area contributed by atoms with Crippen molar-refractivity contribution in [2.45, 2.75) is 71.3 Å². The number of carboxylic acid groups (broad SMARTS) is 1. The number of anilines is 1. The van der Waals surface area contributed by atoms with E-state index < -0.39 is 11.9 Å². The van der Waals surface area contributed by atoms with Crippen LogP contribution in [0.2, 0.25) is 0 Å². The number of aryl methyl sites for hydroxylation is 2. The molecule has 9 nitrogen and oxygen atoms in total. The van der Waals surface area contributed by atoms with E-state index in [0.29, 0.717) is 53.8 Å². The van der Waals surface area contributed by atoms with E-state index in [-0.39, 0.29) is 25.1 Å². The number of halogens is 2. The first-order chi connectivity index (χ1) is 17.8. The molecular weight excluding hydrogens is 494 g/mol. The van der Waals surface area contributed by atoms with Crippen LogP contribution in [0, 0.1) is 6.92 Å². The lowest BCUT2D eigenvalue weighted by atomic mass is 10.0. The van der Waals surface area contributed by atoms with Gasteiger partial charge in [0.1, 0.15) is 0 Å². The second-order valence-corrected chi connectivity index (χ2v) is 10.0. The molecule has 4 rings (SSSR count). The Bertz CT molecular complexity index is 1250. The van der Waals surface area contributed by atoms with Gasteiger partial charge in [0, 0.05) is 39.2 Å². The topological polar surface area (TPSA) is 131 Å². The summed E-state index contributed by atoms with van der Waals surface area (Å²) in [5.41, 5.74) is 11.5. The number of hydrogen-bond donors (Lipinski definition) is 3. The first-order valence-corrected chi connectivity index (χ1v) is 12.8. The molecule has 0 aromatic carbocycles. The molecule has 5 N–H and O–H groups in total. The molecule has 0 amide bonds. The molecule has 2 aliphatic rings. The highest BCUT2D eigenvalue weighted by Crippen LogP contribution is 2.41. The highest BCUT2D eigenvalue weighted by molar-refractivity contribution is 5.65. The van der Waals surface area contributed by atoms with Crippen molar-refractivity contribution in [1.82, 2.24) is 14.6 Å². The summed E-state index contributed by atoms with van der Waals surface area (Å²) >= 11 is 0. The standard InChI is InChI=1S/C25H34F2N6O.C2H4O2/c1-4-19-21(32-11-5-10-25(26,27)15-32)9-8-20(30-19)24(28)22(31(3)29)14-33-13-18(17-6-7-17)16(2)12-23(33)34;1-2(3)4/h8-9,12-13,17H,4-7,10-11,14-15,28-29H2,1-3H3;1H3,(H,3,4)/b24-22-;. The number of nitrogens with zero attached hydrogens (tertiary/aromatic N) is 4. The Hall–Kier alpha value is -3.47. The van der Waals surface area contributed by atoms with Gasteiger partial charge in [-0.15, -0.1) is 0 Å². The van der Waals surface area contributed by atoms with Gasteiger partial charge in [0.05, 0.1) is 41.6 Å². The molecule has 1 aliphatic carbocycles. The number of carbonyl (C=O) groups is 1. The Labute approximate surface area is 221 Å². The van der Waals surface area contributed by atoms with E-state index in [9.17, 15) is 13.6 Å². The molecule has 208 valence electrons. The van der Waals surface area contributed by atoms with Crippen molar-refractivity contribution in [2.24, 2.45) is 11.6 Å². The molecule has 1 saturated heterocycles. The minimum absolute atomic E-state index is 0.0841. The number of piperidine rings is 1. The van der Waals surface area contributed by atoms with Gasteiger partial charge in [-0.1, -0.05) is 6.92 Å². The molecule has 1 saturated carbocycles. The van der Waals surface area contributed by atoms with E-state index >= 15 is 0 Å². The molecule has 0 bridgehead atoms. The van der Waals surface area contributed by atoms with Gasteiger partial charge in [0.2, 0.25) is 0 Å². The summed E-state index contributed by atoms with van der Waals surface area (Å²) in [7, 11) is 1.67. The normalized spacial score (nSPS) is 17.3. The monoisotopic (exact) mass is 532 g/mol. The molecule has 1 aliphatic heterocycles.